The van der Waals surface area contributed by atoms with Crippen LogP contribution in [0, 0.1) is 6.92 Å². The molecule has 0 spiro atoms. The predicted molar refractivity (Wildman–Crippen MR) is 113 cm³/mol. The zero-order chi connectivity index (χ0) is 21.9. The lowest BCUT2D eigenvalue weighted by Crippen LogP contribution is -2.51. The van der Waals surface area contributed by atoms with Crippen molar-refractivity contribution in [2.45, 2.75) is 11.8 Å². The summed E-state index contributed by atoms with van der Waals surface area (Å²) in [6, 6.07) is 11.0. The molecule has 10 heteroatoms. The highest BCUT2D eigenvalue weighted by molar-refractivity contribution is 7.89. The van der Waals surface area contributed by atoms with E-state index in [1.54, 1.807) is 24.3 Å². The van der Waals surface area contributed by atoms with Crippen molar-refractivity contribution in [3.63, 3.8) is 0 Å². The highest BCUT2D eigenvalue weighted by Gasteiger charge is 2.30. The van der Waals surface area contributed by atoms with Gasteiger partial charge >= 0.3 is 5.97 Å². The summed E-state index contributed by atoms with van der Waals surface area (Å²) < 4.78 is 31.9. The Labute approximate surface area is 180 Å². The van der Waals surface area contributed by atoms with Gasteiger partial charge in [0, 0.05) is 26.2 Å². The van der Waals surface area contributed by atoms with Crippen molar-refractivity contribution in [2.75, 3.05) is 38.5 Å². The molecular weight excluding hydrogens is 430 g/mol. The molecule has 1 aliphatic heterocycles. The van der Waals surface area contributed by atoms with E-state index in [1.807, 2.05) is 6.92 Å². The molecule has 0 atom stereocenters. The normalized spacial score (nSPS) is 15.1. The third-order valence-corrected chi connectivity index (χ3v) is 7.07. The Morgan fingerprint density at radius 2 is 1.70 bits per heavy atom. The van der Waals surface area contributed by atoms with Crippen LogP contribution in [0.15, 0.2) is 47.4 Å². The van der Waals surface area contributed by atoms with Crippen LogP contribution in [0.25, 0.3) is 0 Å². The third-order valence-electron chi connectivity index (χ3n) is 4.81. The number of hydrogen-bond donors (Lipinski definition) is 1. The molecule has 1 amide bonds. The number of aryl methyl sites for hydroxylation is 1. The number of esters is 1. The Morgan fingerprint density at radius 1 is 1.07 bits per heavy atom. The predicted octanol–water partition coefficient (Wildman–Crippen LogP) is 1.92. The molecule has 2 aromatic carbocycles. The zero-order valence-corrected chi connectivity index (χ0v) is 17.9. The molecule has 2 N–H and O–H groups in total. The van der Waals surface area contributed by atoms with E-state index in [1.165, 1.54) is 27.4 Å². The van der Waals surface area contributed by atoms with Gasteiger partial charge in [-0.25, -0.2) is 13.2 Å². The maximum absolute atomic E-state index is 12.7. The molecule has 30 heavy (non-hydrogen) atoms. The maximum Gasteiger partial charge on any atom is 0.338 e. The van der Waals surface area contributed by atoms with Crippen LogP contribution >= 0.6 is 11.6 Å². The summed E-state index contributed by atoms with van der Waals surface area (Å²) in [5, 5.41) is 0.320. The van der Waals surface area contributed by atoms with E-state index in [4.69, 9.17) is 22.1 Å². The lowest BCUT2D eigenvalue weighted by Gasteiger charge is -2.33. The van der Waals surface area contributed by atoms with E-state index in [9.17, 15) is 18.0 Å². The second kappa shape index (κ2) is 9.03. The second-order valence-electron chi connectivity index (χ2n) is 6.91. The first-order chi connectivity index (χ1) is 14.2. The topological polar surface area (TPSA) is 110 Å². The molecule has 0 saturated carbocycles. The molecule has 1 aliphatic rings. The van der Waals surface area contributed by atoms with Crippen LogP contribution in [-0.2, 0) is 19.6 Å². The first kappa shape index (κ1) is 22.1. The fourth-order valence-corrected chi connectivity index (χ4v) is 4.55. The average molecular weight is 452 g/mol. The van der Waals surface area contributed by atoms with E-state index in [0.717, 1.165) is 5.56 Å². The number of nitrogens with zero attached hydrogens (tertiary/aromatic N) is 2. The summed E-state index contributed by atoms with van der Waals surface area (Å²) in [5.41, 5.74) is 7.06. The molecule has 1 fully saturated rings. The maximum atomic E-state index is 12.7. The number of carbonyl (C=O) groups excluding carboxylic acids is 2. The summed E-state index contributed by atoms with van der Waals surface area (Å²) in [7, 11) is -3.61. The Bertz CT molecular complexity index is 1050. The first-order valence-electron chi connectivity index (χ1n) is 9.25. The second-order valence-corrected chi connectivity index (χ2v) is 9.26. The fraction of sp³-hybridized carbons (Fsp3) is 0.300. The zero-order valence-electron chi connectivity index (χ0n) is 16.4. The Morgan fingerprint density at radius 3 is 2.30 bits per heavy atom. The quantitative estimate of drug-likeness (QED) is 0.549. The van der Waals surface area contributed by atoms with E-state index in [0.29, 0.717) is 5.02 Å². The largest absolute Gasteiger partial charge is 0.452 e. The summed E-state index contributed by atoms with van der Waals surface area (Å²) in [6.07, 6.45) is 0. The van der Waals surface area contributed by atoms with Crippen LogP contribution in [-0.4, -0.2) is 62.3 Å². The molecule has 3 rings (SSSR count). The number of piperazine rings is 1. The SMILES string of the molecule is Cc1ccc(S(=O)(=O)N2CCN(C(=O)COC(=O)c3ccc(Cl)c(N)c3)CC2)cc1. The highest BCUT2D eigenvalue weighted by Crippen LogP contribution is 2.20. The van der Waals surface area contributed by atoms with Gasteiger partial charge in [-0.05, 0) is 37.3 Å². The van der Waals surface area contributed by atoms with Crippen molar-refractivity contribution in [1.29, 1.82) is 0 Å². The molecule has 160 valence electrons. The molecule has 1 saturated heterocycles. The number of halogens is 1. The number of sulfonamides is 1. The van der Waals surface area contributed by atoms with Gasteiger partial charge in [0.05, 0.1) is 21.2 Å². The summed E-state index contributed by atoms with van der Waals surface area (Å²) in [5.74, 6) is -1.08. The van der Waals surface area contributed by atoms with Crippen molar-refractivity contribution in [3.05, 3.63) is 58.6 Å². The Hall–Kier alpha value is -2.62. The van der Waals surface area contributed by atoms with Crippen molar-refractivity contribution in [3.8, 4) is 0 Å². The number of hydrogen-bond acceptors (Lipinski definition) is 6. The van der Waals surface area contributed by atoms with E-state index < -0.39 is 28.5 Å². The van der Waals surface area contributed by atoms with Gasteiger partial charge in [-0.2, -0.15) is 4.31 Å². The summed E-state index contributed by atoms with van der Waals surface area (Å²) in [4.78, 5) is 26.1. The fourth-order valence-electron chi connectivity index (χ4n) is 3.01. The van der Waals surface area contributed by atoms with Gasteiger partial charge in [0.2, 0.25) is 10.0 Å². The minimum atomic E-state index is -3.61. The number of nitrogen functional groups attached to an aromatic ring is 1. The van der Waals surface area contributed by atoms with Gasteiger partial charge in [-0.1, -0.05) is 29.3 Å². The molecule has 0 aliphatic carbocycles. The minimum Gasteiger partial charge on any atom is -0.452 e. The summed E-state index contributed by atoms with van der Waals surface area (Å²) >= 11 is 5.82. The molecule has 2 aromatic rings. The van der Waals surface area contributed by atoms with Gasteiger partial charge in [0.1, 0.15) is 0 Å². The van der Waals surface area contributed by atoms with Crippen molar-refractivity contribution >= 4 is 39.2 Å². The van der Waals surface area contributed by atoms with Crippen LogP contribution in [0.2, 0.25) is 5.02 Å². The number of rotatable bonds is 5. The van der Waals surface area contributed by atoms with Gasteiger partial charge in [-0.15, -0.1) is 0 Å². The van der Waals surface area contributed by atoms with Crippen LogP contribution in [0.1, 0.15) is 15.9 Å². The Kier molecular flexibility index (Phi) is 6.64. The van der Waals surface area contributed by atoms with Crippen molar-refractivity contribution in [2.24, 2.45) is 0 Å². The molecule has 8 nitrogen and oxygen atoms in total. The third kappa shape index (κ3) is 4.92. The number of carbonyl (C=O) groups is 2. The van der Waals surface area contributed by atoms with Crippen LogP contribution in [0.4, 0.5) is 5.69 Å². The van der Waals surface area contributed by atoms with Crippen LogP contribution in [0.5, 0.6) is 0 Å². The number of benzene rings is 2. The standard InChI is InChI=1S/C20H22ClN3O5S/c1-14-2-5-16(6-3-14)30(27,28)24-10-8-23(9-11-24)19(25)13-29-20(26)15-4-7-17(21)18(22)12-15/h2-7,12H,8-11,13,22H2,1H3. The highest BCUT2D eigenvalue weighted by atomic mass is 35.5. The van der Waals surface area contributed by atoms with Gasteiger partial charge in [0.15, 0.2) is 6.61 Å². The smallest absolute Gasteiger partial charge is 0.338 e. The van der Waals surface area contributed by atoms with Gasteiger partial charge in [0.25, 0.3) is 5.91 Å². The van der Waals surface area contributed by atoms with Gasteiger partial charge < -0.3 is 15.4 Å². The number of nitrogens with two attached hydrogens (primary N) is 1. The van der Waals surface area contributed by atoms with E-state index in [-0.39, 0.29) is 42.3 Å². The number of anilines is 1. The van der Waals surface area contributed by atoms with E-state index in [2.05, 4.69) is 0 Å². The summed E-state index contributed by atoms with van der Waals surface area (Å²) in [6.45, 7) is 2.22. The van der Waals surface area contributed by atoms with Gasteiger partial charge in [-0.3, -0.25) is 4.79 Å². The molecular formula is C20H22ClN3O5S. The molecule has 0 aromatic heterocycles. The Balaban J connectivity index is 1.53. The minimum absolute atomic E-state index is 0.170. The lowest BCUT2D eigenvalue weighted by atomic mass is 10.2. The van der Waals surface area contributed by atoms with Crippen LogP contribution in [0.3, 0.4) is 0 Å². The molecule has 0 bridgehead atoms. The molecule has 1 heterocycles. The number of ether oxygens (including phenoxy) is 1. The molecule has 0 unspecified atom stereocenters. The lowest BCUT2D eigenvalue weighted by molar-refractivity contribution is -0.135. The molecule has 0 radical (unpaired) electrons. The average Bonchev–Trinajstić information content (AvgIpc) is 2.74. The number of amides is 1. The van der Waals surface area contributed by atoms with Crippen molar-refractivity contribution in [1.82, 2.24) is 9.21 Å². The van der Waals surface area contributed by atoms with Crippen LogP contribution < -0.4 is 5.73 Å². The monoisotopic (exact) mass is 451 g/mol. The van der Waals surface area contributed by atoms with E-state index >= 15 is 0 Å². The van der Waals surface area contributed by atoms with Crippen molar-refractivity contribution < 1.29 is 22.7 Å². The first-order valence-corrected chi connectivity index (χ1v) is 11.1.